The first-order chi connectivity index (χ1) is 11.0. The molecule has 0 aliphatic carbocycles. The van der Waals surface area contributed by atoms with Crippen LogP contribution in [0.1, 0.15) is 6.42 Å². The zero-order valence-electron chi connectivity index (χ0n) is 12.1. The molecular formula is C14H15ClN6O2. The Kier molecular flexibility index (Phi) is 4.26. The van der Waals surface area contributed by atoms with Crippen LogP contribution in [0.3, 0.4) is 0 Å². The molecule has 3 N–H and O–H groups in total. The second kappa shape index (κ2) is 6.35. The quantitative estimate of drug-likeness (QED) is 0.652. The van der Waals surface area contributed by atoms with Crippen LogP contribution in [0, 0.1) is 10.1 Å². The third-order valence-corrected chi connectivity index (χ3v) is 3.82. The maximum absolute atomic E-state index is 11.2. The Morgan fingerprint density at radius 3 is 2.74 bits per heavy atom. The minimum atomic E-state index is -0.481. The summed E-state index contributed by atoms with van der Waals surface area (Å²) in [5.41, 5.74) is 6.50. The number of anilines is 3. The Morgan fingerprint density at radius 1 is 1.39 bits per heavy atom. The predicted octanol–water partition coefficient (Wildman–Crippen LogP) is 2.32. The van der Waals surface area contributed by atoms with E-state index < -0.39 is 4.92 Å². The van der Waals surface area contributed by atoms with Crippen LogP contribution in [0.2, 0.25) is 5.02 Å². The molecule has 2 heterocycles. The molecule has 0 spiro atoms. The molecule has 0 bridgehead atoms. The molecule has 1 aliphatic rings. The van der Waals surface area contributed by atoms with Crippen molar-refractivity contribution in [2.45, 2.75) is 12.5 Å². The molecule has 2 aromatic rings. The van der Waals surface area contributed by atoms with Crippen LogP contribution in [-0.4, -0.2) is 34.0 Å². The highest BCUT2D eigenvalue weighted by Gasteiger charge is 2.28. The van der Waals surface area contributed by atoms with Crippen molar-refractivity contribution in [3.05, 3.63) is 45.6 Å². The van der Waals surface area contributed by atoms with E-state index >= 15 is 0 Å². The number of rotatable bonds is 4. The molecule has 0 saturated carbocycles. The fraction of sp³-hybridized carbons (Fsp3) is 0.286. The first-order valence-corrected chi connectivity index (χ1v) is 7.45. The number of nitro groups is 1. The fourth-order valence-electron chi connectivity index (χ4n) is 2.43. The van der Waals surface area contributed by atoms with E-state index in [0.717, 1.165) is 12.1 Å². The zero-order valence-corrected chi connectivity index (χ0v) is 12.9. The van der Waals surface area contributed by atoms with Gasteiger partial charge in [-0.1, -0.05) is 11.6 Å². The van der Waals surface area contributed by atoms with Gasteiger partial charge in [-0.05, 0) is 30.7 Å². The van der Waals surface area contributed by atoms with Gasteiger partial charge >= 0.3 is 5.69 Å². The van der Waals surface area contributed by atoms with Crippen molar-refractivity contribution in [3.8, 4) is 0 Å². The molecular weight excluding hydrogens is 320 g/mol. The number of nitrogens with zero attached hydrogens (tertiary/aromatic N) is 4. The second-order valence-corrected chi connectivity index (χ2v) is 5.72. The lowest BCUT2D eigenvalue weighted by atomic mass is 10.3. The molecule has 1 unspecified atom stereocenters. The molecule has 1 aromatic carbocycles. The summed E-state index contributed by atoms with van der Waals surface area (Å²) in [5.74, 6) is 0.572. The van der Waals surface area contributed by atoms with Gasteiger partial charge in [0.1, 0.15) is 6.20 Å². The smallest absolute Gasteiger partial charge is 0.329 e. The third-order valence-electron chi connectivity index (χ3n) is 3.57. The van der Waals surface area contributed by atoms with Gasteiger partial charge in [0.25, 0.3) is 0 Å². The van der Waals surface area contributed by atoms with Gasteiger partial charge < -0.3 is 16.0 Å². The van der Waals surface area contributed by atoms with Crippen molar-refractivity contribution in [3.63, 3.8) is 0 Å². The lowest BCUT2D eigenvalue weighted by Gasteiger charge is -2.17. The molecule has 120 valence electrons. The van der Waals surface area contributed by atoms with Crippen LogP contribution in [0.15, 0.2) is 30.5 Å². The summed E-state index contributed by atoms with van der Waals surface area (Å²) in [5, 5.41) is 14.8. The monoisotopic (exact) mass is 334 g/mol. The van der Waals surface area contributed by atoms with Crippen LogP contribution in [-0.2, 0) is 0 Å². The van der Waals surface area contributed by atoms with Crippen LogP contribution in [0.25, 0.3) is 0 Å². The molecule has 23 heavy (non-hydrogen) atoms. The number of hydrogen-bond donors (Lipinski definition) is 2. The summed E-state index contributed by atoms with van der Waals surface area (Å²) in [6.45, 7) is 1.18. The summed E-state index contributed by atoms with van der Waals surface area (Å²) in [4.78, 5) is 20.9. The average molecular weight is 335 g/mol. The van der Waals surface area contributed by atoms with Crippen molar-refractivity contribution in [1.29, 1.82) is 0 Å². The number of halogens is 1. The molecule has 0 amide bonds. The molecule has 1 aliphatic heterocycles. The molecule has 1 saturated heterocycles. The Labute approximate surface area is 137 Å². The van der Waals surface area contributed by atoms with E-state index in [-0.39, 0.29) is 23.5 Å². The minimum Gasteiger partial charge on any atom is -0.349 e. The van der Waals surface area contributed by atoms with Gasteiger partial charge in [0, 0.05) is 29.8 Å². The first kappa shape index (κ1) is 15.4. The zero-order chi connectivity index (χ0) is 16.4. The summed E-state index contributed by atoms with van der Waals surface area (Å²) in [6.07, 6.45) is 1.99. The molecule has 0 radical (unpaired) electrons. The molecule has 9 heteroatoms. The summed E-state index contributed by atoms with van der Waals surface area (Å²) >= 11 is 5.84. The van der Waals surface area contributed by atoms with Gasteiger partial charge in [0.05, 0.1) is 4.92 Å². The lowest BCUT2D eigenvalue weighted by Crippen LogP contribution is -2.27. The van der Waals surface area contributed by atoms with E-state index in [1.54, 1.807) is 24.3 Å². The van der Waals surface area contributed by atoms with Crippen molar-refractivity contribution < 1.29 is 4.92 Å². The van der Waals surface area contributed by atoms with Crippen LogP contribution < -0.4 is 16.0 Å². The highest BCUT2D eigenvalue weighted by Crippen LogP contribution is 2.29. The number of nitrogens with two attached hydrogens (primary N) is 1. The highest BCUT2D eigenvalue weighted by atomic mass is 35.5. The molecule has 8 nitrogen and oxygen atoms in total. The lowest BCUT2D eigenvalue weighted by molar-refractivity contribution is -0.384. The Hall–Kier alpha value is -2.45. The van der Waals surface area contributed by atoms with Gasteiger partial charge in [-0.15, -0.1) is 0 Å². The Balaban J connectivity index is 1.90. The van der Waals surface area contributed by atoms with E-state index in [0.29, 0.717) is 18.1 Å². The Bertz CT molecular complexity index is 724. The highest BCUT2D eigenvalue weighted by molar-refractivity contribution is 6.30. The third kappa shape index (κ3) is 3.49. The van der Waals surface area contributed by atoms with E-state index in [9.17, 15) is 10.1 Å². The summed E-state index contributed by atoms with van der Waals surface area (Å²) < 4.78 is 0. The normalized spacial score (nSPS) is 17.3. The Morgan fingerprint density at radius 2 is 2.13 bits per heavy atom. The van der Waals surface area contributed by atoms with Crippen LogP contribution in [0.5, 0.6) is 0 Å². The van der Waals surface area contributed by atoms with E-state index in [4.69, 9.17) is 17.3 Å². The second-order valence-electron chi connectivity index (χ2n) is 5.29. The van der Waals surface area contributed by atoms with Gasteiger partial charge in [-0.25, -0.2) is 4.98 Å². The number of aromatic nitrogens is 2. The summed E-state index contributed by atoms with van der Waals surface area (Å²) in [7, 11) is 0. The molecule has 1 atom stereocenters. The number of hydrogen-bond acceptors (Lipinski definition) is 7. The SMILES string of the molecule is NC1CCN(c2nc(Nc3ccc(Cl)cc3)ncc2[N+](=O)[O-])C1. The van der Waals surface area contributed by atoms with Gasteiger partial charge in [-0.3, -0.25) is 10.1 Å². The maximum atomic E-state index is 11.2. The van der Waals surface area contributed by atoms with Gasteiger partial charge in [-0.2, -0.15) is 4.98 Å². The molecule has 1 aromatic heterocycles. The topological polar surface area (TPSA) is 110 Å². The van der Waals surface area contributed by atoms with Gasteiger partial charge in [0.2, 0.25) is 11.8 Å². The van der Waals surface area contributed by atoms with E-state index in [1.807, 2.05) is 4.90 Å². The minimum absolute atomic E-state index is 0.00255. The predicted molar refractivity (Wildman–Crippen MR) is 88.2 cm³/mol. The average Bonchev–Trinajstić information content (AvgIpc) is 2.96. The van der Waals surface area contributed by atoms with E-state index in [1.165, 1.54) is 6.20 Å². The standard InChI is InChI=1S/C14H15ClN6O2/c15-9-1-3-11(4-2-9)18-14-17-7-12(21(22)23)13(19-14)20-6-5-10(16)8-20/h1-4,7,10H,5-6,8,16H2,(H,17,18,19). The summed E-state index contributed by atoms with van der Waals surface area (Å²) in [6, 6.07) is 7.01. The van der Waals surface area contributed by atoms with Gasteiger partial charge in [0.15, 0.2) is 0 Å². The fourth-order valence-corrected chi connectivity index (χ4v) is 2.56. The molecule has 1 fully saturated rings. The van der Waals surface area contributed by atoms with Crippen LogP contribution >= 0.6 is 11.6 Å². The van der Waals surface area contributed by atoms with Crippen molar-refractivity contribution in [1.82, 2.24) is 9.97 Å². The van der Waals surface area contributed by atoms with Crippen molar-refractivity contribution in [2.24, 2.45) is 5.73 Å². The van der Waals surface area contributed by atoms with Crippen molar-refractivity contribution >= 4 is 34.7 Å². The van der Waals surface area contributed by atoms with Crippen LogP contribution in [0.4, 0.5) is 23.1 Å². The maximum Gasteiger partial charge on any atom is 0.329 e. The van der Waals surface area contributed by atoms with E-state index in [2.05, 4.69) is 15.3 Å². The molecule has 3 rings (SSSR count). The first-order valence-electron chi connectivity index (χ1n) is 7.07. The number of benzene rings is 1. The number of nitrogens with one attached hydrogen (secondary N) is 1. The largest absolute Gasteiger partial charge is 0.349 e. The van der Waals surface area contributed by atoms with Crippen molar-refractivity contribution in [2.75, 3.05) is 23.3 Å².